The van der Waals surface area contributed by atoms with E-state index >= 15 is 0 Å². The first kappa shape index (κ1) is 12.3. The first-order valence-corrected chi connectivity index (χ1v) is 5.86. The number of hydrogen-bond donors (Lipinski definition) is 0. The van der Waals surface area contributed by atoms with Gasteiger partial charge in [0.25, 0.3) is 5.91 Å². The average molecular weight is 247 g/mol. The second kappa shape index (κ2) is 5.03. The van der Waals surface area contributed by atoms with Crippen LogP contribution in [0.5, 0.6) is 0 Å². The number of aromatic nitrogens is 4. The van der Waals surface area contributed by atoms with E-state index in [4.69, 9.17) is 0 Å². The fourth-order valence-electron chi connectivity index (χ4n) is 1.75. The van der Waals surface area contributed by atoms with Crippen molar-refractivity contribution < 1.29 is 4.79 Å². The van der Waals surface area contributed by atoms with E-state index in [9.17, 15) is 4.79 Å². The molecular weight excluding hydrogens is 230 g/mol. The summed E-state index contributed by atoms with van der Waals surface area (Å²) in [6, 6.07) is 1.74. The number of hydrogen-bond acceptors (Lipinski definition) is 3. The zero-order valence-corrected chi connectivity index (χ0v) is 10.9. The molecule has 6 nitrogen and oxygen atoms in total. The Hall–Kier alpha value is -2.11. The van der Waals surface area contributed by atoms with Crippen LogP contribution in [0, 0.1) is 0 Å². The molecule has 0 spiro atoms. The van der Waals surface area contributed by atoms with Gasteiger partial charge in [0.2, 0.25) is 0 Å². The third-order valence-corrected chi connectivity index (χ3v) is 2.71. The highest BCUT2D eigenvalue weighted by molar-refractivity contribution is 5.91. The summed E-state index contributed by atoms with van der Waals surface area (Å²) in [7, 11) is 3.62. The molecule has 6 heteroatoms. The van der Waals surface area contributed by atoms with Crippen molar-refractivity contribution in [2.45, 2.75) is 20.0 Å². The summed E-state index contributed by atoms with van der Waals surface area (Å²) in [6.45, 7) is 3.28. The van der Waals surface area contributed by atoms with Crippen molar-refractivity contribution in [3.63, 3.8) is 0 Å². The Morgan fingerprint density at radius 1 is 1.50 bits per heavy atom. The van der Waals surface area contributed by atoms with Crippen LogP contribution >= 0.6 is 0 Å². The molecule has 2 aromatic heterocycles. The zero-order valence-electron chi connectivity index (χ0n) is 10.9. The van der Waals surface area contributed by atoms with E-state index in [1.165, 1.54) is 0 Å². The SMILES string of the molecule is CCn1ccc(C(=O)N(C)Cc2cnn(C)c2)n1. The molecule has 0 aliphatic heterocycles. The Morgan fingerprint density at radius 3 is 2.83 bits per heavy atom. The van der Waals surface area contributed by atoms with Crippen LogP contribution in [0.1, 0.15) is 23.0 Å². The van der Waals surface area contributed by atoms with Gasteiger partial charge in [-0.2, -0.15) is 10.2 Å². The van der Waals surface area contributed by atoms with Crippen LogP contribution in [0.25, 0.3) is 0 Å². The highest BCUT2D eigenvalue weighted by Crippen LogP contribution is 2.06. The fraction of sp³-hybridized carbons (Fsp3) is 0.417. The Kier molecular flexibility index (Phi) is 3.45. The molecule has 0 aliphatic carbocycles. The van der Waals surface area contributed by atoms with Crippen molar-refractivity contribution in [1.29, 1.82) is 0 Å². The molecule has 2 heterocycles. The topological polar surface area (TPSA) is 56.0 Å². The van der Waals surface area contributed by atoms with E-state index in [-0.39, 0.29) is 5.91 Å². The van der Waals surface area contributed by atoms with Crippen molar-refractivity contribution in [1.82, 2.24) is 24.5 Å². The van der Waals surface area contributed by atoms with Crippen LogP contribution in [-0.2, 0) is 20.1 Å². The van der Waals surface area contributed by atoms with Crippen molar-refractivity contribution in [3.8, 4) is 0 Å². The van der Waals surface area contributed by atoms with Gasteiger partial charge in [-0.1, -0.05) is 0 Å². The minimum absolute atomic E-state index is 0.0777. The van der Waals surface area contributed by atoms with Crippen molar-refractivity contribution in [2.24, 2.45) is 7.05 Å². The van der Waals surface area contributed by atoms with Crippen LogP contribution in [0.4, 0.5) is 0 Å². The third kappa shape index (κ3) is 2.58. The van der Waals surface area contributed by atoms with Gasteiger partial charge in [0, 0.05) is 45.1 Å². The number of amides is 1. The monoisotopic (exact) mass is 247 g/mol. The first-order valence-electron chi connectivity index (χ1n) is 5.86. The average Bonchev–Trinajstić information content (AvgIpc) is 2.97. The highest BCUT2D eigenvalue weighted by atomic mass is 16.2. The van der Waals surface area contributed by atoms with Crippen molar-refractivity contribution in [2.75, 3.05) is 7.05 Å². The Bertz CT molecular complexity index is 542. The van der Waals surface area contributed by atoms with Crippen molar-refractivity contribution >= 4 is 5.91 Å². The van der Waals surface area contributed by atoms with Gasteiger partial charge >= 0.3 is 0 Å². The number of rotatable bonds is 4. The summed E-state index contributed by atoms with van der Waals surface area (Å²) in [5.41, 5.74) is 1.48. The number of carbonyl (C=O) groups excluding carboxylic acids is 1. The molecule has 0 unspecified atom stereocenters. The maximum absolute atomic E-state index is 12.1. The molecule has 0 N–H and O–H groups in total. The lowest BCUT2D eigenvalue weighted by atomic mass is 10.3. The van der Waals surface area contributed by atoms with Gasteiger partial charge in [-0.05, 0) is 13.0 Å². The molecule has 0 saturated carbocycles. The predicted octanol–water partition coefficient (Wildman–Crippen LogP) is 0.909. The number of aryl methyl sites for hydroxylation is 2. The third-order valence-electron chi connectivity index (χ3n) is 2.71. The zero-order chi connectivity index (χ0) is 13.1. The largest absolute Gasteiger partial charge is 0.336 e. The summed E-state index contributed by atoms with van der Waals surface area (Å²) in [6.07, 6.45) is 5.47. The van der Waals surface area contributed by atoms with Gasteiger partial charge in [0.15, 0.2) is 0 Å². The van der Waals surface area contributed by atoms with Gasteiger partial charge in [-0.15, -0.1) is 0 Å². The molecule has 0 aliphatic rings. The van der Waals surface area contributed by atoms with E-state index in [1.54, 1.807) is 33.6 Å². The number of nitrogens with zero attached hydrogens (tertiary/aromatic N) is 5. The molecule has 0 radical (unpaired) electrons. The lowest BCUT2D eigenvalue weighted by Crippen LogP contribution is -2.26. The van der Waals surface area contributed by atoms with Crippen LogP contribution in [-0.4, -0.2) is 37.4 Å². The lowest BCUT2D eigenvalue weighted by molar-refractivity contribution is 0.0778. The predicted molar refractivity (Wildman–Crippen MR) is 66.9 cm³/mol. The smallest absolute Gasteiger partial charge is 0.274 e. The molecule has 0 fully saturated rings. The van der Waals surface area contributed by atoms with Gasteiger partial charge in [-0.3, -0.25) is 14.2 Å². The van der Waals surface area contributed by atoms with E-state index < -0.39 is 0 Å². The normalized spacial score (nSPS) is 10.6. The Morgan fingerprint density at radius 2 is 2.28 bits per heavy atom. The second-order valence-corrected chi connectivity index (χ2v) is 4.24. The van der Waals surface area contributed by atoms with Crippen LogP contribution in [0.2, 0.25) is 0 Å². The van der Waals surface area contributed by atoms with Crippen LogP contribution < -0.4 is 0 Å². The minimum atomic E-state index is -0.0777. The molecule has 0 saturated heterocycles. The quantitative estimate of drug-likeness (QED) is 0.807. The lowest BCUT2D eigenvalue weighted by Gasteiger charge is -2.14. The van der Waals surface area contributed by atoms with Gasteiger partial charge in [-0.25, -0.2) is 0 Å². The number of carbonyl (C=O) groups is 1. The maximum Gasteiger partial charge on any atom is 0.274 e. The second-order valence-electron chi connectivity index (χ2n) is 4.24. The highest BCUT2D eigenvalue weighted by Gasteiger charge is 2.15. The fourth-order valence-corrected chi connectivity index (χ4v) is 1.75. The van der Waals surface area contributed by atoms with E-state index in [2.05, 4.69) is 10.2 Å². The summed E-state index contributed by atoms with van der Waals surface area (Å²) < 4.78 is 3.46. The minimum Gasteiger partial charge on any atom is -0.336 e. The van der Waals surface area contributed by atoms with Crippen LogP contribution in [0.15, 0.2) is 24.7 Å². The molecule has 0 bridgehead atoms. The molecule has 1 amide bonds. The van der Waals surface area contributed by atoms with E-state index in [0.29, 0.717) is 12.2 Å². The standard InChI is InChI=1S/C12H17N5O/c1-4-17-6-5-11(14-17)12(18)15(2)8-10-7-13-16(3)9-10/h5-7,9H,4,8H2,1-3H3. The molecule has 0 aromatic carbocycles. The van der Waals surface area contributed by atoms with Crippen molar-refractivity contribution in [3.05, 3.63) is 35.9 Å². The summed E-state index contributed by atoms with van der Waals surface area (Å²) in [4.78, 5) is 13.7. The summed E-state index contributed by atoms with van der Waals surface area (Å²) >= 11 is 0. The maximum atomic E-state index is 12.1. The Labute approximate surface area is 106 Å². The van der Waals surface area contributed by atoms with Gasteiger partial charge < -0.3 is 4.90 Å². The molecule has 2 rings (SSSR count). The molecular formula is C12H17N5O. The first-order chi connectivity index (χ1) is 8.60. The molecule has 96 valence electrons. The summed E-state index contributed by atoms with van der Waals surface area (Å²) in [5.74, 6) is -0.0777. The van der Waals surface area contributed by atoms with E-state index in [0.717, 1.165) is 12.1 Å². The van der Waals surface area contributed by atoms with E-state index in [1.807, 2.05) is 26.4 Å². The molecule has 2 aromatic rings. The Balaban J connectivity index is 2.04. The van der Waals surface area contributed by atoms with Gasteiger partial charge in [0.1, 0.15) is 5.69 Å². The summed E-state index contributed by atoms with van der Waals surface area (Å²) in [5, 5.41) is 8.28. The van der Waals surface area contributed by atoms with Crippen LogP contribution in [0.3, 0.4) is 0 Å². The van der Waals surface area contributed by atoms with Gasteiger partial charge in [0.05, 0.1) is 6.20 Å². The molecule has 18 heavy (non-hydrogen) atoms. The molecule has 0 atom stereocenters.